The van der Waals surface area contributed by atoms with Crippen molar-refractivity contribution in [1.82, 2.24) is 19.9 Å². The van der Waals surface area contributed by atoms with E-state index in [1.165, 1.54) is 0 Å². The van der Waals surface area contributed by atoms with E-state index in [1.54, 1.807) is 12.3 Å². The quantitative estimate of drug-likeness (QED) is 0.867. The van der Waals surface area contributed by atoms with E-state index in [0.29, 0.717) is 24.6 Å². The van der Waals surface area contributed by atoms with E-state index in [0.717, 1.165) is 29.0 Å². The fraction of sp³-hybridized carbons (Fsp3) is 0.455. The molecule has 108 valence electrons. The van der Waals surface area contributed by atoms with E-state index in [4.69, 9.17) is 4.74 Å². The largest absolute Gasteiger partial charge is 0.376 e. The fourth-order valence-corrected chi connectivity index (χ4v) is 4.06. The van der Waals surface area contributed by atoms with Crippen LogP contribution in [0.4, 0.5) is 0 Å². The maximum atomic E-state index is 12.1. The van der Waals surface area contributed by atoms with Crippen molar-refractivity contribution < 1.29 is 13.2 Å². The maximum absolute atomic E-state index is 12.1. The molecule has 0 radical (unpaired) electrons. The van der Waals surface area contributed by atoms with Crippen LogP contribution in [0.1, 0.15) is 22.6 Å². The van der Waals surface area contributed by atoms with Gasteiger partial charge in [0.25, 0.3) is 10.0 Å². The topological polar surface area (TPSA) is 97.0 Å². The number of hydrogen-bond donors (Lipinski definition) is 2. The van der Waals surface area contributed by atoms with E-state index < -0.39 is 10.0 Å². The van der Waals surface area contributed by atoms with Gasteiger partial charge in [0.2, 0.25) is 4.34 Å². The third-order valence-corrected chi connectivity index (χ3v) is 5.81. The zero-order valence-corrected chi connectivity index (χ0v) is 12.5. The highest BCUT2D eigenvalue weighted by Gasteiger charge is 2.21. The van der Waals surface area contributed by atoms with Gasteiger partial charge in [0.05, 0.1) is 25.5 Å². The van der Waals surface area contributed by atoms with Crippen molar-refractivity contribution >= 4 is 21.4 Å². The average Bonchev–Trinajstić information content (AvgIpc) is 3.03. The smallest absolute Gasteiger partial charge is 0.268 e. The minimum absolute atomic E-state index is 0.0793. The van der Waals surface area contributed by atoms with Crippen LogP contribution in [-0.4, -0.2) is 30.2 Å². The first kappa shape index (κ1) is 13.7. The molecule has 2 aromatic heterocycles. The van der Waals surface area contributed by atoms with Gasteiger partial charge in [0.15, 0.2) is 0 Å². The summed E-state index contributed by atoms with van der Waals surface area (Å²) >= 11 is 1.11. The van der Waals surface area contributed by atoms with E-state index in [-0.39, 0.29) is 10.9 Å². The Morgan fingerprint density at radius 2 is 2.40 bits per heavy atom. The van der Waals surface area contributed by atoms with Crippen molar-refractivity contribution in [3.8, 4) is 0 Å². The summed E-state index contributed by atoms with van der Waals surface area (Å²) in [5.41, 5.74) is 3.35. The molecular formula is C11H14N4O3S2. The lowest BCUT2D eigenvalue weighted by Gasteiger charge is -2.12. The summed E-state index contributed by atoms with van der Waals surface area (Å²) < 4.78 is 32.1. The predicted octanol–water partition coefficient (Wildman–Crippen LogP) is 0.726. The van der Waals surface area contributed by atoms with E-state index in [9.17, 15) is 8.42 Å². The standard InChI is InChI=1S/C11H14N4O3S2/c1-7-6-19-11(13-7)20(16,17)12-4-10-8-5-18-3-2-9(8)14-15-10/h6,12H,2-5H2,1H3,(H,14,15). The number of aromatic nitrogens is 3. The van der Waals surface area contributed by atoms with Crippen molar-refractivity contribution in [3.05, 3.63) is 28.0 Å². The molecule has 0 aliphatic carbocycles. The number of nitrogens with one attached hydrogen (secondary N) is 2. The molecule has 2 N–H and O–H groups in total. The molecule has 7 nitrogen and oxygen atoms in total. The van der Waals surface area contributed by atoms with Crippen molar-refractivity contribution in [2.24, 2.45) is 0 Å². The van der Waals surface area contributed by atoms with Gasteiger partial charge in [-0.1, -0.05) is 0 Å². The number of thiazole rings is 1. The first-order valence-electron chi connectivity index (χ1n) is 6.11. The second-order valence-corrected chi connectivity index (χ2v) is 7.31. The number of aryl methyl sites for hydroxylation is 1. The number of rotatable bonds is 4. The number of fused-ring (bicyclic) bond motifs is 1. The monoisotopic (exact) mass is 314 g/mol. The first-order valence-corrected chi connectivity index (χ1v) is 8.47. The Bertz CT molecular complexity index is 720. The minimum Gasteiger partial charge on any atom is -0.376 e. The lowest BCUT2D eigenvalue weighted by Crippen LogP contribution is -2.24. The molecular weight excluding hydrogens is 300 g/mol. The Hall–Kier alpha value is -1.29. The second-order valence-electron chi connectivity index (χ2n) is 4.51. The Balaban J connectivity index is 1.75. The maximum Gasteiger partial charge on any atom is 0.268 e. The summed E-state index contributed by atoms with van der Waals surface area (Å²) in [4.78, 5) is 3.98. The molecule has 0 spiro atoms. The van der Waals surface area contributed by atoms with Crippen LogP contribution in [0.25, 0.3) is 0 Å². The highest BCUT2D eigenvalue weighted by molar-refractivity contribution is 7.91. The second kappa shape index (κ2) is 5.24. The third kappa shape index (κ3) is 2.62. The average molecular weight is 314 g/mol. The van der Waals surface area contributed by atoms with E-state index in [1.807, 2.05) is 0 Å². The molecule has 0 saturated carbocycles. The van der Waals surface area contributed by atoms with E-state index in [2.05, 4.69) is 19.9 Å². The Morgan fingerprint density at radius 3 is 3.15 bits per heavy atom. The Morgan fingerprint density at radius 1 is 1.55 bits per heavy atom. The van der Waals surface area contributed by atoms with Gasteiger partial charge in [-0.25, -0.2) is 18.1 Å². The number of H-pyrrole nitrogens is 1. The van der Waals surface area contributed by atoms with Crippen molar-refractivity contribution in [3.63, 3.8) is 0 Å². The molecule has 1 aliphatic rings. The minimum atomic E-state index is -3.58. The summed E-state index contributed by atoms with van der Waals surface area (Å²) in [7, 11) is -3.58. The molecule has 2 aromatic rings. The molecule has 3 rings (SSSR count). The van der Waals surface area contributed by atoms with Gasteiger partial charge in [0, 0.05) is 28.8 Å². The van der Waals surface area contributed by atoms with Gasteiger partial charge in [-0.2, -0.15) is 5.10 Å². The normalized spacial score (nSPS) is 15.2. The van der Waals surface area contributed by atoms with E-state index >= 15 is 0 Å². The van der Waals surface area contributed by atoms with Crippen LogP contribution in [0.2, 0.25) is 0 Å². The van der Waals surface area contributed by atoms with Crippen LogP contribution in [-0.2, 0) is 34.3 Å². The van der Waals surface area contributed by atoms with Gasteiger partial charge in [-0.15, -0.1) is 11.3 Å². The Labute approximate surface area is 120 Å². The third-order valence-electron chi connectivity index (χ3n) is 3.04. The Kier molecular flexibility index (Phi) is 3.59. The molecule has 0 amide bonds. The molecule has 0 unspecified atom stereocenters. The van der Waals surface area contributed by atoms with Gasteiger partial charge >= 0.3 is 0 Å². The van der Waals surface area contributed by atoms with Crippen LogP contribution in [0.3, 0.4) is 0 Å². The molecule has 0 fully saturated rings. The lowest BCUT2D eigenvalue weighted by atomic mass is 10.1. The van der Waals surface area contributed by atoms with Gasteiger partial charge in [-0.05, 0) is 6.92 Å². The van der Waals surface area contributed by atoms with Gasteiger partial charge in [0.1, 0.15) is 0 Å². The van der Waals surface area contributed by atoms with Crippen LogP contribution < -0.4 is 4.72 Å². The molecule has 0 saturated heterocycles. The highest BCUT2D eigenvalue weighted by Crippen LogP contribution is 2.19. The van der Waals surface area contributed by atoms with Crippen molar-refractivity contribution in [2.75, 3.05) is 6.61 Å². The van der Waals surface area contributed by atoms with Crippen LogP contribution >= 0.6 is 11.3 Å². The number of aromatic amines is 1. The number of hydrogen-bond acceptors (Lipinski definition) is 6. The van der Waals surface area contributed by atoms with Gasteiger partial charge in [-0.3, -0.25) is 5.10 Å². The fourth-order valence-electron chi connectivity index (χ4n) is 2.00. The summed E-state index contributed by atoms with van der Waals surface area (Å²) in [5, 5.41) is 8.79. The zero-order chi connectivity index (χ0) is 14.2. The number of nitrogens with zero attached hydrogens (tertiary/aromatic N) is 2. The molecule has 1 aliphatic heterocycles. The van der Waals surface area contributed by atoms with Gasteiger partial charge < -0.3 is 4.74 Å². The van der Waals surface area contributed by atoms with Crippen LogP contribution in [0, 0.1) is 6.92 Å². The first-order chi connectivity index (χ1) is 9.56. The van der Waals surface area contributed by atoms with Crippen LogP contribution in [0.5, 0.6) is 0 Å². The molecule has 9 heteroatoms. The SMILES string of the molecule is Cc1csc(S(=O)(=O)NCc2n[nH]c3c2COCC3)n1. The number of ether oxygens (including phenoxy) is 1. The zero-order valence-electron chi connectivity index (χ0n) is 10.8. The molecule has 0 bridgehead atoms. The predicted molar refractivity (Wildman–Crippen MR) is 72.8 cm³/mol. The summed E-state index contributed by atoms with van der Waals surface area (Å²) in [6.45, 7) is 3.03. The summed E-state index contributed by atoms with van der Waals surface area (Å²) in [6, 6.07) is 0. The lowest BCUT2D eigenvalue weighted by molar-refractivity contribution is 0.109. The molecule has 3 heterocycles. The van der Waals surface area contributed by atoms with Crippen molar-refractivity contribution in [2.45, 2.75) is 30.8 Å². The highest BCUT2D eigenvalue weighted by atomic mass is 32.2. The molecule has 0 atom stereocenters. The number of sulfonamides is 1. The van der Waals surface area contributed by atoms with Crippen molar-refractivity contribution in [1.29, 1.82) is 0 Å². The van der Waals surface area contributed by atoms with Crippen LogP contribution in [0.15, 0.2) is 9.72 Å². The molecule has 0 aromatic carbocycles. The molecule has 20 heavy (non-hydrogen) atoms. The summed E-state index contributed by atoms with van der Waals surface area (Å²) in [5.74, 6) is 0. The summed E-state index contributed by atoms with van der Waals surface area (Å²) in [6.07, 6.45) is 0.779.